The van der Waals surface area contributed by atoms with Crippen LogP contribution in [-0.2, 0) is 0 Å². The molecule has 0 aliphatic heterocycles. The minimum atomic E-state index is -0.571. The van der Waals surface area contributed by atoms with E-state index < -0.39 is 11.6 Å². The highest BCUT2D eigenvalue weighted by atomic mass is 127. The number of aromatic nitrogens is 3. The first kappa shape index (κ1) is 20.1. The van der Waals surface area contributed by atoms with E-state index in [1.807, 2.05) is 0 Å². The maximum Gasteiger partial charge on any atom is 0.241 e. The minimum absolute atomic E-state index is 0.0977. The Hall–Kier alpha value is -3.15. The molecule has 4 aromatic rings. The number of fused-ring (bicyclic) bond motifs is 1. The highest BCUT2D eigenvalue weighted by Gasteiger charge is 2.15. The molecule has 0 amide bonds. The normalized spacial score (nSPS) is 10.8. The number of imidazole rings is 1. The number of nitrogens with zero attached hydrogens (tertiary/aromatic N) is 3. The first-order chi connectivity index (χ1) is 14.5. The van der Waals surface area contributed by atoms with Crippen LogP contribution in [0.25, 0.3) is 5.65 Å². The lowest BCUT2D eigenvalue weighted by atomic mass is 10.3. The average Bonchev–Trinajstić information content (AvgIpc) is 3.09. The van der Waals surface area contributed by atoms with E-state index in [0.29, 0.717) is 9.35 Å². The fourth-order valence-electron chi connectivity index (χ4n) is 2.69. The molecule has 7 nitrogen and oxygen atoms in total. The summed E-state index contributed by atoms with van der Waals surface area (Å²) in [4.78, 5) is 4.27. The number of methoxy groups -OCH3 is 2. The third kappa shape index (κ3) is 3.95. The smallest absolute Gasteiger partial charge is 0.241 e. The van der Waals surface area contributed by atoms with Crippen LogP contribution in [0.4, 0.5) is 8.78 Å². The number of hydrogen-bond donors (Lipinski definition) is 0. The molecule has 0 fully saturated rings. The lowest BCUT2D eigenvalue weighted by molar-refractivity contribution is 0.380. The van der Waals surface area contributed by atoms with Crippen LogP contribution in [0.5, 0.6) is 34.6 Å². The molecule has 0 aliphatic rings. The quantitative estimate of drug-likeness (QED) is 0.322. The Morgan fingerprint density at radius 2 is 1.43 bits per heavy atom. The van der Waals surface area contributed by atoms with E-state index in [9.17, 15) is 8.78 Å². The van der Waals surface area contributed by atoms with E-state index >= 15 is 0 Å². The van der Waals surface area contributed by atoms with Gasteiger partial charge in [-0.05, 0) is 46.9 Å². The van der Waals surface area contributed by atoms with Crippen LogP contribution >= 0.6 is 22.6 Å². The van der Waals surface area contributed by atoms with E-state index in [-0.39, 0.29) is 34.6 Å². The molecule has 0 saturated heterocycles. The molecule has 0 unspecified atom stereocenters. The van der Waals surface area contributed by atoms with E-state index in [1.165, 1.54) is 49.1 Å². The van der Waals surface area contributed by atoms with Crippen molar-refractivity contribution in [2.45, 2.75) is 0 Å². The molecule has 10 heteroatoms. The zero-order valence-electron chi connectivity index (χ0n) is 15.7. The van der Waals surface area contributed by atoms with E-state index in [2.05, 4.69) is 32.7 Å². The summed E-state index contributed by atoms with van der Waals surface area (Å²) >= 11 is 2.05. The van der Waals surface area contributed by atoms with Crippen molar-refractivity contribution in [1.82, 2.24) is 14.6 Å². The van der Waals surface area contributed by atoms with Gasteiger partial charge in [-0.25, -0.2) is 18.3 Å². The van der Waals surface area contributed by atoms with Gasteiger partial charge in [0.05, 0.1) is 20.4 Å². The number of benzene rings is 2. The van der Waals surface area contributed by atoms with Gasteiger partial charge in [0.15, 0.2) is 34.5 Å². The van der Waals surface area contributed by atoms with Crippen LogP contribution in [0.1, 0.15) is 0 Å². The highest BCUT2D eigenvalue weighted by Crippen LogP contribution is 2.33. The molecular weight excluding hydrogens is 511 g/mol. The number of rotatable bonds is 6. The van der Waals surface area contributed by atoms with Crippen LogP contribution in [0.3, 0.4) is 0 Å². The summed E-state index contributed by atoms with van der Waals surface area (Å²) in [5.74, 6) is -0.0729. The molecule has 30 heavy (non-hydrogen) atoms. The number of halogens is 3. The molecule has 2 heterocycles. The lowest BCUT2D eigenvalue weighted by Gasteiger charge is -2.11. The summed E-state index contributed by atoms with van der Waals surface area (Å²) in [5.41, 5.74) is 0.406. The Morgan fingerprint density at radius 1 is 0.833 bits per heavy atom. The van der Waals surface area contributed by atoms with Crippen molar-refractivity contribution < 1.29 is 27.7 Å². The zero-order valence-corrected chi connectivity index (χ0v) is 17.9. The van der Waals surface area contributed by atoms with Gasteiger partial charge in [0.2, 0.25) is 5.88 Å². The fourth-order valence-corrected chi connectivity index (χ4v) is 3.16. The monoisotopic (exact) mass is 525 g/mol. The van der Waals surface area contributed by atoms with Crippen molar-refractivity contribution in [2.24, 2.45) is 0 Å². The summed E-state index contributed by atoms with van der Waals surface area (Å²) in [5, 5.41) is 4.35. The molecule has 2 aromatic carbocycles. The van der Waals surface area contributed by atoms with Crippen molar-refractivity contribution in [3.8, 4) is 34.6 Å². The average molecular weight is 525 g/mol. The third-order valence-corrected chi connectivity index (χ3v) is 4.80. The molecular formula is C20H14F2IN3O4. The predicted octanol–water partition coefficient (Wildman–Crippen LogP) is 5.21. The van der Waals surface area contributed by atoms with E-state index in [1.54, 1.807) is 18.3 Å². The van der Waals surface area contributed by atoms with Gasteiger partial charge < -0.3 is 18.9 Å². The summed E-state index contributed by atoms with van der Waals surface area (Å²) < 4.78 is 51.6. The topological polar surface area (TPSA) is 67.1 Å². The molecule has 0 atom stereocenters. The molecule has 0 N–H and O–H groups in total. The van der Waals surface area contributed by atoms with Crippen molar-refractivity contribution >= 4 is 28.2 Å². The Labute approximate surface area is 183 Å². The fraction of sp³-hybridized carbons (Fsp3) is 0.100. The highest BCUT2D eigenvalue weighted by molar-refractivity contribution is 14.1. The molecule has 2 aromatic heterocycles. The third-order valence-electron chi connectivity index (χ3n) is 4.07. The number of hydrogen-bond acceptors (Lipinski definition) is 6. The zero-order chi connectivity index (χ0) is 21.3. The predicted molar refractivity (Wildman–Crippen MR) is 112 cm³/mol. The van der Waals surface area contributed by atoms with Crippen LogP contribution in [0.15, 0.2) is 48.7 Å². The van der Waals surface area contributed by atoms with Gasteiger partial charge in [-0.3, -0.25) is 0 Å². The standard InChI is InChI=1S/C20H14F2IN3O4/c1-27-15-5-3-11(7-13(15)21)29-17-9-19(25-26-18(23)10-24-20(17)26)30-12-4-6-16(28-2)14(22)8-12/h3-10H,1-2H3. The summed E-state index contributed by atoms with van der Waals surface area (Å²) in [6, 6.07) is 9.88. The second-order valence-corrected chi connectivity index (χ2v) is 7.07. The van der Waals surface area contributed by atoms with Crippen molar-refractivity contribution in [2.75, 3.05) is 14.2 Å². The van der Waals surface area contributed by atoms with Gasteiger partial charge in [0.1, 0.15) is 15.2 Å². The van der Waals surface area contributed by atoms with E-state index in [0.717, 1.165) is 0 Å². The van der Waals surface area contributed by atoms with Gasteiger partial charge in [-0.15, -0.1) is 5.10 Å². The second kappa shape index (κ2) is 8.30. The minimum Gasteiger partial charge on any atom is -0.494 e. The van der Waals surface area contributed by atoms with Crippen molar-refractivity contribution in [3.05, 3.63) is 64.0 Å². The van der Waals surface area contributed by atoms with Crippen LogP contribution in [0.2, 0.25) is 0 Å². The lowest BCUT2D eigenvalue weighted by Crippen LogP contribution is -2.00. The summed E-state index contributed by atoms with van der Waals surface area (Å²) in [6.45, 7) is 0. The molecule has 154 valence electrons. The largest absolute Gasteiger partial charge is 0.494 e. The molecule has 0 aliphatic carbocycles. The van der Waals surface area contributed by atoms with Crippen LogP contribution < -0.4 is 18.9 Å². The maximum atomic E-state index is 14.0. The van der Waals surface area contributed by atoms with Gasteiger partial charge in [0, 0.05) is 18.2 Å². The summed E-state index contributed by atoms with van der Waals surface area (Å²) in [6.07, 6.45) is 1.60. The Kier molecular flexibility index (Phi) is 5.57. The van der Waals surface area contributed by atoms with Crippen LogP contribution in [-0.4, -0.2) is 28.8 Å². The van der Waals surface area contributed by atoms with E-state index in [4.69, 9.17) is 18.9 Å². The van der Waals surface area contributed by atoms with Gasteiger partial charge in [0.25, 0.3) is 0 Å². The molecule has 0 saturated carbocycles. The first-order valence-electron chi connectivity index (χ1n) is 8.55. The molecule has 0 bridgehead atoms. The first-order valence-corrected chi connectivity index (χ1v) is 9.63. The Morgan fingerprint density at radius 3 is 2.00 bits per heavy atom. The Bertz CT molecular complexity index is 1230. The van der Waals surface area contributed by atoms with Crippen molar-refractivity contribution in [1.29, 1.82) is 0 Å². The Balaban J connectivity index is 1.71. The van der Waals surface area contributed by atoms with Crippen molar-refractivity contribution in [3.63, 3.8) is 0 Å². The molecule has 0 spiro atoms. The maximum absolute atomic E-state index is 14.0. The van der Waals surface area contributed by atoms with Crippen LogP contribution in [0, 0.1) is 15.3 Å². The summed E-state index contributed by atoms with van der Waals surface area (Å²) in [7, 11) is 2.75. The molecule has 4 rings (SSSR count). The van der Waals surface area contributed by atoms with Gasteiger partial charge in [-0.1, -0.05) is 0 Å². The van der Waals surface area contributed by atoms with Gasteiger partial charge in [-0.2, -0.15) is 0 Å². The molecule has 0 radical (unpaired) electrons. The number of ether oxygens (including phenoxy) is 4. The second-order valence-electron chi connectivity index (χ2n) is 5.96. The van der Waals surface area contributed by atoms with Gasteiger partial charge >= 0.3 is 0 Å². The SMILES string of the molecule is COc1ccc(Oc2cc(Oc3ccc(OC)c(F)c3)c3ncc(I)n3n2)cc1F.